The first-order valence-corrected chi connectivity index (χ1v) is 13.2. The third kappa shape index (κ3) is 3.99. The molecule has 35 heavy (non-hydrogen) atoms. The van der Waals surface area contributed by atoms with Gasteiger partial charge in [0.1, 0.15) is 5.56 Å². The molecule has 2 N–H and O–H groups in total. The molecule has 1 heterocycles. The first kappa shape index (κ1) is 22.8. The standard InChI is InChI=1S/C27H25BrClN3O3/c28-19-3-6-23(22(29)10-19)30-14-21-24(33)31-26(35)32(25(21)34)20-4-1-18(2-5-20)27-11-15-7-16(12-27)9-17(8-15)13-27/h1-6,10,14-17,34H,7-9,11-13H2,(H,31,33,35). The predicted molar refractivity (Wildman–Crippen MR) is 141 cm³/mol. The molecule has 0 amide bonds. The van der Waals surface area contributed by atoms with Gasteiger partial charge in [0, 0.05) is 10.7 Å². The van der Waals surface area contributed by atoms with Gasteiger partial charge in [-0.15, -0.1) is 0 Å². The van der Waals surface area contributed by atoms with Crippen LogP contribution in [0, 0.1) is 17.8 Å². The zero-order valence-corrected chi connectivity index (χ0v) is 21.3. The van der Waals surface area contributed by atoms with Crippen LogP contribution in [0.25, 0.3) is 5.69 Å². The number of aromatic hydroxyl groups is 1. The van der Waals surface area contributed by atoms with Crippen molar-refractivity contribution in [2.24, 2.45) is 22.7 Å². The highest BCUT2D eigenvalue weighted by Crippen LogP contribution is 2.60. The van der Waals surface area contributed by atoms with Gasteiger partial charge in [-0.3, -0.25) is 14.8 Å². The van der Waals surface area contributed by atoms with Crippen LogP contribution in [-0.4, -0.2) is 20.9 Å². The van der Waals surface area contributed by atoms with E-state index in [9.17, 15) is 14.7 Å². The summed E-state index contributed by atoms with van der Waals surface area (Å²) in [5.74, 6) is 2.06. The number of nitrogens with zero attached hydrogens (tertiary/aromatic N) is 2. The minimum Gasteiger partial charge on any atom is -0.493 e. The molecule has 8 heteroatoms. The lowest BCUT2D eigenvalue weighted by Crippen LogP contribution is -2.48. The Labute approximate surface area is 215 Å². The molecular formula is C27H25BrClN3O3. The molecule has 0 unspecified atom stereocenters. The van der Waals surface area contributed by atoms with Crippen molar-refractivity contribution in [1.82, 2.24) is 9.55 Å². The Morgan fingerprint density at radius 3 is 2.26 bits per heavy atom. The lowest BCUT2D eigenvalue weighted by Gasteiger charge is -2.57. The number of halogens is 2. The predicted octanol–water partition coefficient (Wildman–Crippen LogP) is 5.87. The summed E-state index contributed by atoms with van der Waals surface area (Å²) in [7, 11) is 0. The maximum atomic E-state index is 12.7. The molecule has 4 bridgehead atoms. The van der Waals surface area contributed by atoms with Crippen LogP contribution < -0.4 is 11.2 Å². The van der Waals surface area contributed by atoms with Crippen LogP contribution >= 0.6 is 27.5 Å². The lowest BCUT2D eigenvalue weighted by atomic mass is 9.48. The van der Waals surface area contributed by atoms with Gasteiger partial charge in [0.25, 0.3) is 5.56 Å². The van der Waals surface area contributed by atoms with Crippen molar-refractivity contribution in [1.29, 1.82) is 0 Å². The maximum Gasteiger partial charge on any atom is 0.335 e. The quantitative estimate of drug-likeness (QED) is 0.396. The maximum absolute atomic E-state index is 12.7. The van der Waals surface area contributed by atoms with E-state index in [1.807, 2.05) is 12.1 Å². The van der Waals surface area contributed by atoms with Gasteiger partial charge >= 0.3 is 5.69 Å². The summed E-state index contributed by atoms with van der Waals surface area (Å²) in [5, 5.41) is 11.3. The Kier molecular flexibility index (Phi) is 5.53. The number of hydrogen-bond donors (Lipinski definition) is 2. The number of aliphatic imine (C=N–C) groups is 1. The molecule has 7 rings (SSSR count). The van der Waals surface area contributed by atoms with E-state index >= 15 is 0 Å². The molecule has 0 saturated heterocycles. The summed E-state index contributed by atoms with van der Waals surface area (Å²) in [6.45, 7) is 0. The summed E-state index contributed by atoms with van der Waals surface area (Å²) in [6.07, 6.45) is 9.13. The molecule has 4 fully saturated rings. The molecule has 6 nitrogen and oxygen atoms in total. The number of H-pyrrole nitrogens is 1. The van der Waals surface area contributed by atoms with Gasteiger partial charge < -0.3 is 5.11 Å². The third-order valence-electron chi connectivity index (χ3n) is 8.14. The molecule has 4 saturated carbocycles. The highest BCUT2D eigenvalue weighted by atomic mass is 79.9. The number of rotatable bonds is 4. The molecule has 4 aliphatic rings. The summed E-state index contributed by atoms with van der Waals surface area (Å²) >= 11 is 9.55. The highest BCUT2D eigenvalue weighted by Gasteiger charge is 2.51. The molecule has 0 spiro atoms. The average molecular weight is 555 g/mol. The molecule has 0 aliphatic heterocycles. The number of benzene rings is 2. The molecule has 0 radical (unpaired) electrons. The number of nitrogens with one attached hydrogen (secondary N) is 1. The molecule has 3 aromatic rings. The van der Waals surface area contributed by atoms with Gasteiger partial charge in [-0.25, -0.2) is 9.36 Å². The fraction of sp³-hybridized carbons (Fsp3) is 0.370. The summed E-state index contributed by atoms with van der Waals surface area (Å²) in [5.41, 5.74) is 0.963. The Morgan fingerprint density at radius 2 is 1.66 bits per heavy atom. The van der Waals surface area contributed by atoms with Gasteiger partial charge in [0.2, 0.25) is 5.88 Å². The highest BCUT2D eigenvalue weighted by molar-refractivity contribution is 9.10. The second kappa shape index (κ2) is 8.49. The van der Waals surface area contributed by atoms with Crippen molar-refractivity contribution in [3.63, 3.8) is 0 Å². The molecule has 180 valence electrons. The molecular weight excluding hydrogens is 530 g/mol. The van der Waals surface area contributed by atoms with Crippen LogP contribution in [0.2, 0.25) is 5.02 Å². The van der Waals surface area contributed by atoms with Crippen molar-refractivity contribution >= 4 is 39.4 Å². The SMILES string of the molecule is O=c1[nH]c(=O)n(-c2ccc(C34CC5CC(CC(C5)C3)C4)cc2)c(O)c1C=Nc1ccc(Br)cc1Cl. The van der Waals surface area contributed by atoms with Crippen LogP contribution in [0.5, 0.6) is 5.88 Å². The monoisotopic (exact) mass is 553 g/mol. The Balaban J connectivity index is 1.35. The average Bonchev–Trinajstić information content (AvgIpc) is 2.79. The van der Waals surface area contributed by atoms with E-state index in [0.717, 1.165) is 26.8 Å². The molecule has 2 aromatic carbocycles. The van der Waals surface area contributed by atoms with Gasteiger partial charge in [0.05, 0.1) is 16.4 Å². The van der Waals surface area contributed by atoms with Crippen molar-refractivity contribution in [2.75, 3.05) is 0 Å². The zero-order valence-electron chi connectivity index (χ0n) is 19.0. The van der Waals surface area contributed by atoms with E-state index in [0.29, 0.717) is 16.4 Å². The summed E-state index contributed by atoms with van der Waals surface area (Å²) < 4.78 is 1.91. The van der Waals surface area contributed by atoms with Crippen LogP contribution in [0.1, 0.15) is 49.7 Å². The van der Waals surface area contributed by atoms with E-state index in [4.69, 9.17) is 11.6 Å². The van der Waals surface area contributed by atoms with Gasteiger partial charge in [-0.2, -0.15) is 0 Å². The van der Waals surface area contributed by atoms with E-state index in [2.05, 4.69) is 38.0 Å². The van der Waals surface area contributed by atoms with Crippen molar-refractivity contribution in [3.8, 4) is 11.6 Å². The number of hydrogen-bond acceptors (Lipinski definition) is 4. The second-order valence-electron chi connectivity index (χ2n) is 10.4. The van der Waals surface area contributed by atoms with Crippen LogP contribution in [0.4, 0.5) is 5.69 Å². The first-order valence-electron chi connectivity index (χ1n) is 12.0. The number of aromatic amines is 1. The van der Waals surface area contributed by atoms with Crippen LogP contribution in [-0.2, 0) is 5.41 Å². The fourth-order valence-electron chi connectivity index (χ4n) is 7.04. The smallest absolute Gasteiger partial charge is 0.335 e. The third-order valence-corrected chi connectivity index (χ3v) is 8.94. The number of aromatic nitrogens is 2. The van der Waals surface area contributed by atoms with E-state index < -0.39 is 17.1 Å². The summed E-state index contributed by atoms with van der Waals surface area (Å²) in [4.78, 5) is 31.7. The van der Waals surface area contributed by atoms with Crippen LogP contribution in [0.15, 0.2) is 61.5 Å². The molecule has 4 aliphatic carbocycles. The fourth-order valence-corrected chi connectivity index (χ4v) is 7.76. The Morgan fingerprint density at radius 1 is 1.03 bits per heavy atom. The van der Waals surface area contributed by atoms with E-state index in [-0.39, 0.29) is 11.0 Å². The van der Waals surface area contributed by atoms with Gasteiger partial charge in [-0.05, 0) is 97.6 Å². The molecule has 1 aromatic heterocycles. The zero-order chi connectivity index (χ0) is 24.3. The lowest BCUT2D eigenvalue weighted by molar-refractivity contribution is -0.00518. The van der Waals surface area contributed by atoms with E-state index in [1.54, 1.807) is 18.2 Å². The van der Waals surface area contributed by atoms with Gasteiger partial charge in [0.15, 0.2) is 0 Å². The summed E-state index contributed by atoms with van der Waals surface area (Å²) in [6, 6.07) is 13.1. The van der Waals surface area contributed by atoms with E-state index in [1.165, 1.54) is 50.3 Å². The van der Waals surface area contributed by atoms with Gasteiger partial charge in [-0.1, -0.05) is 39.7 Å². The topological polar surface area (TPSA) is 87.5 Å². The van der Waals surface area contributed by atoms with Crippen LogP contribution in [0.3, 0.4) is 0 Å². The minimum atomic E-state index is -0.717. The largest absolute Gasteiger partial charge is 0.493 e. The van der Waals surface area contributed by atoms with Crippen molar-refractivity contribution < 1.29 is 5.11 Å². The van der Waals surface area contributed by atoms with Crippen molar-refractivity contribution in [3.05, 3.63) is 83.9 Å². The first-order chi connectivity index (χ1) is 16.8. The Hall–Kier alpha value is -2.64. The minimum absolute atomic E-state index is 0.117. The second-order valence-corrected chi connectivity index (χ2v) is 11.8. The van der Waals surface area contributed by atoms with Crippen molar-refractivity contribution in [2.45, 2.75) is 43.9 Å². The molecule has 0 atom stereocenters. The Bertz CT molecular complexity index is 1420. The normalized spacial score (nSPS) is 27.1.